The summed E-state index contributed by atoms with van der Waals surface area (Å²) < 4.78 is 60.1. The Hall–Kier alpha value is -3.62. The minimum atomic E-state index is -4.79. The molecule has 0 saturated heterocycles. The van der Waals surface area contributed by atoms with Crippen LogP contribution in [0.3, 0.4) is 0 Å². The van der Waals surface area contributed by atoms with Crippen LogP contribution in [0.15, 0.2) is 36.4 Å². The summed E-state index contributed by atoms with van der Waals surface area (Å²) in [6.07, 6.45) is -4.08. The van der Waals surface area contributed by atoms with Gasteiger partial charge in [-0.25, -0.2) is 4.79 Å². The lowest BCUT2D eigenvalue weighted by Crippen LogP contribution is -2.16. The average molecular weight is 475 g/mol. The van der Waals surface area contributed by atoms with Crippen LogP contribution in [-0.2, 0) is 17.7 Å². The average Bonchev–Trinajstić information content (AvgIpc) is 3.10. The van der Waals surface area contributed by atoms with Gasteiger partial charge in [0.25, 0.3) is 0 Å². The van der Waals surface area contributed by atoms with Crippen LogP contribution in [0.1, 0.15) is 28.5 Å². The van der Waals surface area contributed by atoms with E-state index in [1.54, 1.807) is 21.1 Å². The van der Waals surface area contributed by atoms with Gasteiger partial charge >= 0.3 is 12.3 Å². The molecule has 9 heteroatoms. The predicted molar refractivity (Wildman–Crippen MR) is 119 cm³/mol. The van der Waals surface area contributed by atoms with E-state index in [0.717, 1.165) is 16.8 Å². The molecule has 1 aliphatic rings. The lowest BCUT2D eigenvalue weighted by molar-refractivity contribution is -0.274. The molecule has 0 N–H and O–H groups in total. The Labute approximate surface area is 194 Å². The second kappa shape index (κ2) is 8.96. The highest BCUT2D eigenvalue weighted by Gasteiger charge is 2.33. The highest BCUT2D eigenvalue weighted by atomic mass is 19.4. The van der Waals surface area contributed by atoms with Gasteiger partial charge in [-0.15, -0.1) is 13.2 Å². The number of ether oxygens (including phenoxy) is 4. The topological polar surface area (TPSA) is 58.9 Å². The molecular formula is C25H24F3NO5. The van der Waals surface area contributed by atoms with Crippen LogP contribution in [0.25, 0.3) is 22.4 Å². The maximum atomic E-state index is 13.2. The number of halogens is 3. The van der Waals surface area contributed by atoms with E-state index in [-0.39, 0.29) is 12.4 Å². The van der Waals surface area contributed by atoms with Crippen LogP contribution < -0.4 is 14.2 Å². The third kappa shape index (κ3) is 4.18. The molecule has 0 unspecified atom stereocenters. The maximum Gasteiger partial charge on any atom is 0.573 e. The number of fused-ring (bicyclic) bond motifs is 3. The molecule has 2 heterocycles. The number of carbonyl (C=O) groups excluding carboxylic acids is 1. The Morgan fingerprint density at radius 3 is 2.29 bits per heavy atom. The van der Waals surface area contributed by atoms with Gasteiger partial charge in [-0.1, -0.05) is 12.1 Å². The van der Waals surface area contributed by atoms with E-state index in [2.05, 4.69) is 4.74 Å². The lowest BCUT2D eigenvalue weighted by atomic mass is 9.93. The number of hydrogen-bond acceptors (Lipinski definition) is 5. The van der Waals surface area contributed by atoms with E-state index >= 15 is 0 Å². The van der Waals surface area contributed by atoms with E-state index in [1.165, 1.54) is 24.3 Å². The standard InChI is InChI=1S/C25H24F3NO5/c1-5-33-24(30)22-21(15-6-8-17(9-7-15)34-25(26,27)28)14(2)29-11-10-16-12-19(31-3)20(32-4)13-18(16)23(22)29/h6-9,12-13H,5,10-11H2,1-4H3. The van der Waals surface area contributed by atoms with Crippen LogP contribution >= 0.6 is 0 Å². The lowest BCUT2D eigenvalue weighted by Gasteiger charge is -2.23. The van der Waals surface area contributed by atoms with E-state index in [9.17, 15) is 18.0 Å². The van der Waals surface area contributed by atoms with Crippen molar-refractivity contribution in [3.8, 4) is 39.6 Å². The summed E-state index contributed by atoms with van der Waals surface area (Å²) in [5.41, 5.74) is 4.85. The zero-order chi connectivity index (χ0) is 24.6. The van der Waals surface area contributed by atoms with Gasteiger partial charge in [0.15, 0.2) is 11.5 Å². The third-order valence-corrected chi connectivity index (χ3v) is 5.85. The summed E-state index contributed by atoms with van der Waals surface area (Å²) in [6, 6.07) is 9.22. The number of methoxy groups -OCH3 is 2. The summed E-state index contributed by atoms with van der Waals surface area (Å²) in [5.74, 6) is 0.278. The van der Waals surface area contributed by atoms with Crippen molar-refractivity contribution in [1.82, 2.24) is 4.57 Å². The fraction of sp³-hybridized carbons (Fsp3) is 0.320. The number of carbonyl (C=O) groups is 1. The molecule has 1 aromatic heterocycles. The first-order chi connectivity index (χ1) is 16.2. The van der Waals surface area contributed by atoms with Gasteiger partial charge in [-0.05, 0) is 55.7 Å². The predicted octanol–water partition coefficient (Wildman–Crippen LogP) is 5.78. The van der Waals surface area contributed by atoms with Crippen LogP contribution in [0.2, 0.25) is 0 Å². The minimum Gasteiger partial charge on any atom is -0.493 e. The second-order valence-electron chi connectivity index (χ2n) is 7.74. The molecule has 3 aromatic rings. The van der Waals surface area contributed by atoms with Crippen molar-refractivity contribution >= 4 is 5.97 Å². The van der Waals surface area contributed by atoms with Crippen molar-refractivity contribution in [2.45, 2.75) is 33.2 Å². The minimum absolute atomic E-state index is 0.180. The molecule has 2 aromatic carbocycles. The molecule has 6 nitrogen and oxygen atoms in total. The van der Waals surface area contributed by atoms with Gasteiger partial charge in [0, 0.05) is 23.4 Å². The monoisotopic (exact) mass is 475 g/mol. The highest BCUT2D eigenvalue weighted by Crippen LogP contribution is 2.45. The maximum absolute atomic E-state index is 13.2. The summed E-state index contributed by atoms with van der Waals surface area (Å²) in [4.78, 5) is 13.2. The SMILES string of the molecule is CCOC(=O)c1c(-c2ccc(OC(F)(F)F)cc2)c(C)n2c1-c1cc(OC)c(OC)cc1CC2. The molecule has 34 heavy (non-hydrogen) atoms. The summed E-state index contributed by atoms with van der Waals surface area (Å²) in [6.45, 7) is 4.40. The quantitative estimate of drug-likeness (QED) is 0.423. The number of esters is 1. The molecule has 4 rings (SSSR count). The number of nitrogens with zero attached hydrogens (tertiary/aromatic N) is 1. The van der Waals surface area contributed by atoms with Crippen LogP contribution in [0.4, 0.5) is 13.2 Å². The Balaban J connectivity index is 1.93. The van der Waals surface area contributed by atoms with E-state index in [0.29, 0.717) is 46.8 Å². The van der Waals surface area contributed by atoms with Gasteiger partial charge in [0.2, 0.25) is 0 Å². The second-order valence-corrected chi connectivity index (χ2v) is 7.74. The Morgan fingerprint density at radius 2 is 1.71 bits per heavy atom. The fourth-order valence-corrected chi connectivity index (χ4v) is 4.46. The molecule has 0 saturated carbocycles. The fourth-order valence-electron chi connectivity index (χ4n) is 4.46. The smallest absolute Gasteiger partial charge is 0.493 e. The van der Waals surface area contributed by atoms with Crippen LogP contribution in [-0.4, -0.2) is 37.7 Å². The molecule has 0 aliphatic carbocycles. The molecule has 0 atom stereocenters. The summed E-state index contributed by atoms with van der Waals surface area (Å²) >= 11 is 0. The normalized spacial score (nSPS) is 12.6. The van der Waals surface area contributed by atoms with Crippen molar-refractivity contribution in [3.63, 3.8) is 0 Å². The summed E-state index contributed by atoms with van der Waals surface area (Å²) in [5, 5.41) is 0. The number of benzene rings is 2. The van der Waals surface area contributed by atoms with E-state index < -0.39 is 12.3 Å². The number of rotatable bonds is 6. The number of hydrogen-bond donors (Lipinski definition) is 0. The molecule has 0 spiro atoms. The first-order valence-corrected chi connectivity index (χ1v) is 10.7. The molecule has 0 radical (unpaired) electrons. The summed E-state index contributed by atoms with van der Waals surface area (Å²) in [7, 11) is 3.11. The van der Waals surface area contributed by atoms with Crippen LogP contribution in [0.5, 0.6) is 17.2 Å². The molecule has 0 amide bonds. The first-order valence-electron chi connectivity index (χ1n) is 10.7. The van der Waals surface area contributed by atoms with Crippen molar-refractivity contribution in [3.05, 3.63) is 53.2 Å². The van der Waals surface area contributed by atoms with Gasteiger partial charge < -0.3 is 23.5 Å². The number of aromatic nitrogens is 1. The van der Waals surface area contributed by atoms with Crippen molar-refractivity contribution in [1.29, 1.82) is 0 Å². The van der Waals surface area contributed by atoms with E-state index in [1.807, 2.05) is 23.6 Å². The Morgan fingerprint density at radius 1 is 1.06 bits per heavy atom. The van der Waals surface area contributed by atoms with Gasteiger partial charge in [-0.3, -0.25) is 0 Å². The van der Waals surface area contributed by atoms with Crippen molar-refractivity contribution < 1.29 is 36.9 Å². The molecule has 1 aliphatic heterocycles. The highest BCUT2D eigenvalue weighted by molar-refractivity contribution is 6.05. The van der Waals surface area contributed by atoms with Gasteiger partial charge in [0.05, 0.1) is 32.1 Å². The number of alkyl halides is 3. The van der Waals surface area contributed by atoms with Crippen molar-refractivity contribution in [2.75, 3.05) is 20.8 Å². The van der Waals surface area contributed by atoms with E-state index in [4.69, 9.17) is 14.2 Å². The van der Waals surface area contributed by atoms with Gasteiger partial charge in [0.1, 0.15) is 5.75 Å². The Bertz CT molecular complexity index is 1230. The van der Waals surface area contributed by atoms with Crippen molar-refractivity contribution in [2.24, 2.45) is 0 Å². The first kappa shape index (κ1) is 23.5. The largest absolute Gasteiger partial charge is 0.573 e. The Kier molecular flexibility index (Phi) is 6.20. The third-order valence-electron chi connectivity index (χ3n) is 5.85. The molecule has 180 valence electrons. The zero-order valence-corrected chi connectivity index (χ0v) is 19.2. The van der Waals surface area contributed by atoms with Gasteiger partial charge in [-0.2, -0.15) is 0 Å². The molecular weight excluding hydrogens is 451 g/mol. The molecule has 0 bridgehead atoms. The zero-order valence-electron chi connectivity index (χ0n) is 19.2. The van der Waals surface area contributed by atoms with Crippen LogP contribution in [0, 0.1) is 6.92 Å². The number of aryl methyl sites for hydroxylation is 1. The molecule has 0 fully saturated rings.